The molecule has 0 aromatic heterocycles. The molecule has 0 aliphatic carbocycles. The van der Waals surface area contributed by atoms with E-state index in [1.54, 1.807) is 114 Å². The van der Waals surface area contributed by atoms with Crippen molar-refractivity contribution in [3.8, 4) is 0 Å². The fourth-order valence-electron chi connectivity index (χ4n) is 7.68. The average Bonchev–Trinajstić information content (AvgIpc) is 2.91. The molecule has 0 spiro atoms. The van der Waals surface area contributed by atoms with Crippen molar-refractivity contribution in [3.63, 3.8) is 0 Å². The smallest absolute Gasteiger partial charge is 0.124 e. The summed E-state index contributed by atoms with van der Waals surface area (Å²) < 4.78 is 62.3. The van der Waals surface area contributed by atoms with Gasteiger partial charge in [-0.15, -0.1) is 0 Å². The Kier molecular flexibility index (Phi) is 12.5. The lowest BCUT2D eigenvalue weighted by Crippen LogP contribution is -2.31. The van der Waals surface area contributed by atoms with Gasteiger partial charge in [0.1, 0.15) is 20.2 Å². The van der Waals surface area contributed by atoms with Crippen LogP contribution in [0.2, 0.25) is 0 Å². The predicted molar refractivity (Wildman–Crippen MR) is 175 cm³/mol. The van der Waals surface area contributed by atoms with Crippen LogP contribution in [0.1, 0.15) is 88.2 Å². The molecular formula is C32H48O6P2S2. The van der Waals surface area contributed by atoms with Crippen LogP contribution in [0.25, 0.3) is 0 Å². The van der Waals surface area contributed by atoms with Gasteiger partial charge in [-0.2, -0.15) is 0 Å². The highest BCUT2D eigenvalue weighted by Gasteiger charge is 2.46. The van der Waals surface area contributed by atoms with Gasteiger partial charge >= 0.3 is 0 Å². The highest BCUT2D eigenvalue weighted by molar-refractivity contribution is 7.86. The summed E-state index contributed by atoms with van der Waals surface area (Å²) in [5, 5.41) is 0. The van der Waals surface area contributed by atoms with Crippen LogP contribution in [0, 0.1) is 13.8 Å². The van der Waals surface area contributed by atoms with E-state index in [-0.39, 0.29) is 25.6 Å². The Bertz CT molecular complexity index is 1200. The molecule has 0 radical (unpaired) electrons. The van der Waals surface area contributed by atoms with Gasteiger partial charge in [0.25, 0.3) is 0 Å². The highest BCUT2D eigenvalue weighted by atomic mass is 32.2. The maximum absolute atomic E-state index is 10.4. The summed E-state index contributed by atoms with van der Waals surface area (Å²) in [6, 6.07) is 11.6. The lowest BCUT2D eigenvalue weighted by atomic mass is 9.99. The van der Waals surface area contributed by atoms with Crippen molar-refractivity contribution in [2.75, 3.05) is 12.3 Å². The van der Waals surface area contributed by atoms with E-state index >= 15 is 0 Å². The summed E-state index contributed by atoms with van der Waals surface area (Å²) in [6.45, 7) is 3.64. The molecule has 0 atom stereocenters. The van der Waals surface area contributed by atoms with Crippen LogP contribution in [0.3, 0.4) is 0 Å². The fraction of sp³-hybridized carbons (Fsp3) is 0.625. The van der Waals surface area contributed by atoms with E-state index in [0.29, 0.717) is 0 Å². The third-order valence-electron chi connectivity index (χ3n) is 9.84. The molecule has 2 aromatic rings. The fourth-order valence-corrected chi connectivity index (χ4v) is 18.5. The lowest BCUT2D eigenvalue weighted by molar-refractivity contribution is 0.461. The topological polar surface area (TPSA) is 114 Å². The molecule has 10 heteroatoms. The van der Waals surface area contributed by atoms with Gasteiger partial charge in [0.05, 0.1) is 44.8 Å². The van der Waals surface area contributed by atoms with Gasteiger partial charge in [-0.25, -0.2) is 16.8 Å². The Labute approximate surface area is 256 Å². The van der Waals surface area contributed by atoms with Gasteiger partial charge in [-0.1, -0.05) is 35.4 Å². The van der Waals surface area contributed by atoms with Gasteiger partial charge in [-0.3, -0.25) is 0 Å². The van der Waals surface area contributed by atoms with Gasteiger partial charge in [0.15, 0.2) is 0 Å². The largest absolute Gasteiger partial charge is 0.744 e. The van der Waals surface area contributed by atoms with Crippen LogP contribution >= 0.6 is 15.8 Å². The van der Waals surface area contributed by atoms with E-state index < -0.39 is 20.2 Å². The molecule has 0 N–H and O–H groups in total. The number of fused-ring (bicyclic) bond motifs is 4. The second-order valence-corrected chi connectivity index (χ2v) is 22.0. The zero-order valence-corrected chi connectivity index (χ0v) is 28.7. The highest BCUT2D eigenvalue weighted by Crippen LogP contribution is 2.64. The molecule has 4 saturated heterocycles. The molecule has 4 heterocycles. The molecule has 0 unspecified atom stereocenters. The van der Waals surface area contributed by atoms with Gasteiger partial charge in [0.2, 0.25) is 0 Å². The molecule has 0 saturated carbocycles. The van der Waals surface area contributed by atoms with E-state index in [1.165, 1.54) is 46.9 Å². The first kappa shape index (κ1) is 34.0. The summed E-state index contributed by atoms with van der Waals surface area (Å²) in [5.41, 5.74) is 6.91. The molecule has 6 nitrogen and oxygen atoms in total. The van der Waals surface area contributed by atoms with Crippen LogP contribution in [-0.4, -0.2) is 60.9 Å². The molecule has 42 heavy (non-hydrogen) atoms. The number of aryl methyl sites for hydroxylation is 2. The number of hydrogen-bond acceptors (Lipinski definition) is 6. The van der Waals surface area contributed by atoms with Crippen molar-refractivity contribution in [3.05, 3.63) is 59.7 Å². The third kappa shape index (κ3) is 9.81. The van der Waals surface area contributed by atoms with Crippen LogP contribution < -0.4 is 0 Å². The minimum atomic E-state index is -4.27. The molecular weight excluding hydrogens is 606 g/mol. The monoisotopic (exact) mass is 654 g/mol. The molecule has 234 valence electrons. The van der Waals surface area contributed by atoms with Crippen LogP contribution in [-0.2, 0) is 20.2 Å². The van der Waals surface area contributed by atoms with Crippen molar-refractivity contribution in [2.45, 2.75) is 123 Å². The van der Waals surface area contributed by atoms with Gasteiger partial charge in [0, 0.05) is 15.8 Å². The van der Waals surface area contributed by atoms with E-state index in [2.05, 4.69) is 0 Å². The van der Waals surface area contributed by atoms with Gasteiger partial charge < -0.3 is 9.11 Å². The Hall–Kier alpha value is -0.880. The normalized spacial score (nSPS) is 28.9. The minimum Gasteiger partial charge on any atom is -0.744 e. The van der Waals surface area contributed by atoms with Crippen molar-refractivity contribution >= 4 is 36.1 Å². The maximum atomic E-state index is 10.4. The minimum absolute atomic E-state index is 0.0682. The summed E-state index contributed by atoms with van der Waals surface area (Å²) >= 11 is 0. The summed E-state index contributed by atoms with van der Waals surface area (Å²) in [4.78, 5) is -0.355. The predicted octanol–water partition coefficient (Wildman–Crippen LogP) is 7.42. The molecule has 4 fully saturated rings. The van der Waals surface area contributed by atoms with Crippen LogP contribution in [0.15, 0.2) is 58.3 Å². The van der Waals surface area contributed by atoms with Crippen molar-refractivity contribution < 1.29 is 25.9 Å². The second-order valence-electron chi connectivity index (χ2n) is 12.7. The first-order chi connectivity index (χ1) is 19.9. The standard InChI is InChI=1S/C18H32P2.2C7H8O3S/c1-5-15-7-2-8-16(6-1)19(15)13-14-20-17-9-3-10-18(20)12-4-11-17;2*1-6-2-4-7(5-3-6)11(8,9)10/h15-18H,1-14H2;2*2-5H,1H3,(H,8,9,10). The van der Waals surface area contributed by atoms with Crippen molar-refractivity contribution in [1.82, 2.24) is 0 Å². The quantitative estimate of drug-likeness (QED) is 0.245. The van der Waals surface area contributed by atoms with Gasteiger partial charge in [-0.05, 0) is 115 Å². The van der Waals surface area contributed by atoms with E-state index in [1.807, 2.05) is 13.8 Å². The lowest BCUT2D eigenvalue weighted by Gasteiger charge is -2.39. The Balaban J connectivity index is 0.000000158. The maximum Gasteiger partial charge on any atom is 0.124 e. The van der Waals surface area contributed by atoms with E-state index in [9.17, 15) is 25.9 Å². The SMILES string of the molecule is C1CC2CCCC(C1)[PH+]2CC[PH+]1C2CCCC1CCC2.Cc1ccc(S(=O)(=O)[O-])cc1.Cc1ccc(S(=O)(=O)[O-])cc1. The Morgan fingerprint density at radius 3 is 0.976 bits per heavy atom. The van der Waals surface area contributed by atoms with Crippen LogP contribution in [0.4, 0.5) is 0 Å². The second kappa shape index (κ2) is 15.4. The summed E-state index contributed by atoms with van der Waals surface area (Å²) in [5.74, 6) is 0. The van der Waals surface area contributed by atoms with E-state index in [0.717, 1.165) is 11.1 Å². The first-order valence-electron chi connectivity index (χ1n) is 15.7. The Morgan fingerprint density at radius 2 is 0.762 bits per heavy atom. The molecule has 4 aliphatic heterocycles. The van der Waals surface area contributed by atoms with Crippen molar-refractivity contribution in [1.29, 1.82) is 0 Å². The van der Waals surface area contributed by atoms with Crippen molar-refractivity contribution in [2.24, 2.45) is 0 Å². The van der Waals surface area contributed by atoms with Crippen LogP contribution in [0.5, 0.6) is 0 Å². The zero-order chi connectivity index (χ0) is 30.3. The first-order valence-corrected chi connectivity index (χ1v) is 22.2. The molecule has 0 amide bonds. The zero-order valence-electron chi connectivity index (χ0n) is 25.1. The summed E-state index contributed by atoms with van der Waals surface area (Å²) in [7, 11) is -8.40. The molecule has 4 bridgehead atoms. The number of rotatable bonds is 5. The molecule has 2 aromatic carbocycles. The number of hydrogen-bond donors (Lipinski definition) is 0. The summed E-state index contributed by atoms with van der Waals surface area (Å²) in [6.07, 6.45) is 23.0. The van der Waals surface area contributed by atoms with E-state index in [4.69, 9.17) is 0 Å². The number of benzene rings is 2. The Morgan fingerprint density at radius 1 is 0.524 bits per heavy atom. The third-order valence-corrected chi connectivity index (χ3v) is 20.2. The molecule has 6 rings (SSSR count). The molecule has 4 aliphatic rings. The average molecular weight is 655 g/mol.